The van der Waals surface area contributed by atoms with Crippen molar-refractivity contribution in [1.82, 2.24) is 10.2 Å². The molecule has 0 radical (unpaired) electrons. The molecule has 4 nitrogen and oxygen atoms in total. The first-order valence-corrected chi connectivity index (χ1v) is 5.92. The second-order valence-corrected chi connectivity index (χ2v) is 4.63. The van der Waals surface area contributed by atoms with Crippen LogP contribution >= 0.6 is 0 Å². The van der Waals surface area contributed by atoms with E-state index in [1.807, 2.05) is 4.90 Å². The van der Waals surface area contributed by atoms with E-state index >= 15 is 0 Å². The van der Waals surface area contributed by atoms with E-state index in [4.69, 9.17) is 5.11 Å². The lowest BCUT2D eigenvalue weighted by molar-refractivity contribution is -0.133. The molecule has 15 heavy (non-hydrogen) atoms. The molecular weight excluding hydrogens is 192 g/mol. The number of aliphatic hydroxyl groups is 1. The van der Waals surface area contributed by atoms with Gasteiger partial charge in [-0.15, -0.1) is 0 Å². The molecule has 2 saturated heterocycles. The maximum absolute atomic E-state index is 12.0. The summed E-state index contributed by atoms with van der Waals surface area (Å²) < 4.78 is 0. The van der Waals surface area contributed by atoms with E-state index in [-0.39, 0.29) is 18.6 Å². The van der Waals surface area contributed by atoms with Gasteiger partial charge in [0.05, 0.1) is 12.6 Å². The van der Waals surface area contributed by atoms with Gasteiger partial charge in [-0.05, 0) is 38.3 Å². The van der Waals surface area contributed by atoms with Crippen molar-refractivity contribution >= 4 is 5.91 Å². The van der Waals surface area contributed by atoms with E-state index in [1.165, 1.54) is 0 Å². The summed E-state index contributed by atoms with van der Waals surface area (Å²) in [7, 11) is 0. The summed E-state index contributed by atoms with van der Waals surface area (Å²) in [6, 6.07) is 0.0897. The molecule has 2 rings (SSSR count). The van der Waals surface area contributed by atoms with Gasteiger partial charge in [0, 0.05) is 13.0 Å². The molecule has 2 heterocycles. The van der Waals surface area contributed by atoms with Crippen molar-refractivity contribution < 1.29 is 9.90 Å². The van der Waals surface area contributed by atoms with Gasteiger partial charge in [0.2, 0.25) is 5.91 Å². The molecule has 4 heteroatoms. The number of carbonyl (C=O) groups excluding carboxylic acids is 1. The molecule has 2 fully saturated rings. The average molecular weight is 212 g/mol. The van der Waals surface area contributed by atoms with Crippen LogP contribution in [-0.4, -0.2) is 48.2 Å². The predicted molar refractivity (Wildman–Crippen MR) is 57.4 cm³/mol. The Morgan fingerprint density at radius 3 is 3.00 bits per heavy atom. The number of aliphatic hydroxyl groups excluding tert-OH is 1. The zero-order valence-electron chi connectivity index (χ0n) is 9.11. The number of likely N-dealkylation sites (tertiary alicyclic amines) is 1. The van der Waals surface area contributed by atoms with Crippen LogP contribution in [0.15, 0.2) is 0 Å². The van der Waals surface area contributed by atoms with Crippen molar-refractivity contribution in [3.63, 3.8) is 0 Å². The SMILES string of the molecule is O=C(CC1CCNC1)N1CCC[C@H]1CO. The molecule has 86 valence electrons. The molecule has 1 unspecified atom stereocenters. The molecule has 1 amide bonds. The van der Waals surface area contributed by atoms with Gasteiger partial charge >= 0.3 is 0 Å². The monoisotopic (exact) mass is 212 g/mol. The Hall–Kier alpha value is -0.610. The summed E-state index contributed by atoms with van der Waals surface area (Å²) in [6.07, 6.45) is 3.78. The van der Waals surface area contributed by atoms with Gasteiger partial charge in [-0.25, -0.2) is 0 Å². The van der Waals surface area contributed by atoms with Gasteiger partial charge in [-0.3, -0.25) is 4.79 Å². The van der Waals surface area contributed by atoms with Crippen molar-refractivity contribution in [2.45, 2.75) is 31.7 Å². The third-order valence-corrected chi connectivity index (χ3v) is 3.53. The topological polar surface area (TPSA) is 52.6 Å². The first kappa shape index (κ1) is 10.9. The summed E-state index contributed by atoms with van der Waals surface area (Å²) in [4.78, 5) is 13.8. The molecule has 0 spiro atoms. The van der Waals surface area contributed by atoms with Gasteiger partial charge < -0.3 is 15.3 Å². The Morgan fingerprint density at radius 2 is 2.33 bits per heavy atom. The minimum absolute atomic E-state index is 0.0897. The zero-order valence-corrected chi connectivity index (χ0v) is 9.11. The third kappa shape index (κ3) is 2.49. The highest BCUT2D eigenvalue weighted by molar-refractivity contribution is 5.77. The van der Waals surface area contributed by atoms with E-state index in [9.17, 15) is 4.79 Å². The molecule has 0 aromatic carbocycles. The van der Waals surface area contributed by atoms with Crippen molar-refractivity contribution in [1.29, 1.82) is 0 Å². The third-order valence-electron chi connectivity index (χ3n) is 3.53. The quantitative estimate of drug-likeness (QED) is 0.690. The van der Waals surface area contributed by atoms with Crippen LogP contribution < -0.4 is 5.32 Å². The maximum atomic E-state index is 12.0. The van der Waals surface area contributed by atoms with Gasteiger partial charge in [-0.2, -0.15) is 0 Å². The fourth-order valence-electron chi connectivity index (χ4n) is 2.61. The van der Waals surface area contributed by atoms with Crippen LogP contribution in [-0.2, 0) is 4.79 Å². The lowest BCUT2D eigenvalue weighted by Crippen LogP contribution is -2.38. The number of rotatable bonds is 3. The van der Waals surface area contributed by atoms with Crippen LogP contribution in [0.2, 0.25) is 0 Å². The van der Waals surface area contributed by atoms with Crippen molar-refractivity contribution in [3.8, 4) is 0 Å². The predicted octanol–water partition coefficient (Wildman–Crippen LogP) is -0.0307. The summed E-state index contributed by atoms with van der Waals surface area (Å²) >= 11 is 0. The highest BCUT2D eigenvalue weighted by atomic mass is 16.3. The van der Waals surface area contributed by atoms with Crippen LogP contribution in [0, 0.1) is 5.92 Å². The van der Waals surface area contributed by atoms with Crippen LogP contribution in [0.5, 0.6) is 0 Å². The van der Waals surface area contributed by atoms with Gasteiger partial charge in [0.1, 0.15) is 0 Å². The number of nitrogens with zero attached hydrogens (tertiary/aromatic N) is 1. The Balaban J connectivity index is 1.83. The molecule has 0 aromatic rings. The first-order chi connectivity index (χ1) is 7.31. The number of hydrogen-bond donors (Lipinski definition) is 2. The molecule has 2 atom stereocenters. The molecule has 2 N–H and O–H groups in total. The van der Waals surface area contributed by atoms with Crippen molar-refractivity contribution in [2.24, 2.45) is 5.92 Å². The molecular formula is C11H20N2O2. The number of hydrogen-bond acceptors (Lipinski definition) is 3. The zero-order chi connectivity index (χ0) is 10.7. The maximum Gasteiger partial charge on any atom is 0.223 e. The van der Waals surface area contributed by atoms with E-state index in [0.717, 1.165) is 38.9 Å². The molecule has 0 saturated carbocycles. The lowest BCUT2D eigenvalue weighted by Gasteiger charge is -2.24. The van der Waals surface area contributed by atoms with Gasteiger partial charge in [0.25, 0.3) is 0 Å². The van der Waals surface area contributed by atoms with Crippen LogP contribution in [0.1, 0.15) is 25.7 Å². The first-order valence-electron chi connectivity index (χ1n) is 5.92. The normalized spacial score (nSPS) is 31.1. The number of nitrogens with one attached hydrogen (secondary N) is 1. The average Bonchev–Trinajstić information content (AvgIpc) is 2.86. The lowest BCUT2D eigenvalue weighted by atomic mass is 10.0. The minimum Gasteiger partial charge on any atom is -0.394 e. The van der Waals surface area contributed by atoms with E-state index in [1.54, 1.807) is 0 Å². The Kier molecular flexibility index (Phi) is 3.59. The fraction of sp³-hybridized carbons (Fsp3) is 0.909. The van der Waals surface area contributed by atoms with Crippen LogP contribution in [0.25, 0.3) is 0 Å². The Labute approximate surface area is 90.6 Å². The summed E-state index contributed by atoms with van der Waals surface area (Å²) in [5, 5.41) is 12.4. The molecule has 0 aromatic heterocycles. The van der Waals surface area contributed by atoms with Crippen LogP contribution in [0.3, 0.4) is 0 Å². The molecule has 0 aliphatic carbocycles. The van der Waals surface area contributed by atoms with E-state index in [2.05, 4.69) is 5.32 Å². The molecule has 2 aliphatic rings. The van der Waals surface area contributed by atoms with Crippen molar-refractivity contribution in [3.05, 3.63) is 0 Å². The summed E-state index contributed by atoms with van der Waals surface area (Å²) in [5.74, 6) is 0.748. The summed E-state index contributed by atoms with van der Waals surface area (Å²) in [6.45, 7) is 2.98. The van der Waals surface area contributed by atoms with Gasteiger partial charge in [-0.1, -0.05) is 0 Å². The second-order valence-electron chi connectivity index (χ2n) is 4.63. The number of carbonyl (C=O) groups is 1. The smallest absolute Gasteiger partial charge is 0.223 e. The largest absolute Gasteiger partial charge is 0.394 e. The Bertz CT molecular complexity index is 227. The van der Waals surface area contributed by atoms with E-state index in [0.29, 0.717) is 12.3 Å². The Morgan fingerprint density at radius 1 is 1.47 bits per heavy atom. The second kappa shape index (κ2) is 4.94. The molecule has 0 bridgehead atoms. The number of amides is 1. The molecule has 2 aliphatic heterocycles. The highest BCUT2D eigenvalue weighted by Crippen LogP contribution is 2.21. The standard InChI is InChI=1S/C11H20N2O2/c14-8-10-2-1-5-13(10)11(15)6-9-3-4-12-7-9/h9-10,12,14H,1-8H2/t9?,10-/m0/s1. The van der Waals surface area contributed by atoms with Gasteiger partial charge in [0.15, 0.2) is 0 Å². The summed E-state index contributed by atoms with van der Waals surface area (Å²) in [5.41, 5.74) is 0. The van der Waals surface area contributed by atoms with Crippen molar-refractivity contribution in [2.75, 3.05) is 26.2 Å². The highest BCUT2D eigenvalue weighted by Gasteiger charge is 2.29. The van der Waals surface area contributed by atoms with E-state index < -0.39 is 0 Å². The van der Waals surface area contributed by atoms with Crippen LogP contribution in [0.4, 0.5) is 0 Å². The fourth-order valence-corrected chi connectivity index (χ4v) is 2.61. The minimum atomic E-state index is 0.0897.